The van der Waals surface area contributed by atoms with Crippen molar-refractivity contribution in [1.29, 1.82) is 0 Å². The predicted molar refractivity (Wildman–Crippen MR) is 60.4 cm³/mol. The smallest absolute Gasteiger partial charge is 0.304 e. The monoisotopic (exact) mass is 247 g/mol. The standard InChI is InChI=1S/C10H11Cl2NO2/c11-7-2-1-6(9(12)4-7)3-8(13)5-10(14)15/h1-2,4,8H,3,5,13H2,(H,14,15)/t8-/m0/s1. The molecule has 0 radical (unpaired) electrons. The number of hydrogen-bond acceptors (Lipinski definition) is 2. The zero-order valence-electron chi connectivity index (χ0n) is 7.91. The van der Waals surface area contributed by atoms with Crippen molar-refractivity contribution in [2.45, 2.75) is 18.9 Å². The predicted octanol–water partition coefficient (Wildman–Crippen LogP) is 2.34. The second kappa shape index (κ2) is 5.35. The number of carboxylic acid groups (broad SMARTS) is 1. The highest BCUT2D eigenvalue weighted by atomic mass is 35.5. The molecular formula is C10H11Cl2NO2. The van der Waals surface area contributed by atoms with Crippen molar-refractivity contribution in [3.05, 3.63) is 33.8 Å². The van der Waals surface area contributed by atoms with Crippen molar-refractivity contribution in [2.24, 2.45) is 5.73 Å². The summed E-state index contributed by atoms with van der Waals surface area (Å²) in [6.45, 7) is 0. The number of benzene rings is 1. The summed E-state index contributed by atoms with van der Waals surface area (Å²) in [6, 6.07) is 4.65. The van der Waals surface area contributed by atoms with E-state index in [2.05, 4.69) is 0 Å². The van der Waals surface area contributed by atoms with Crippen LogP contribution in [0.2, 0.25) is 10.0 Å². The summed E-state index contributed by atoms with van der Waals surface area (Å²) in [5, 5.41) is 9.61. The minimum atomic E-state index is -0.910. The Labute approximate surface area is 97.8 Å². The summed E-state index contributed by atoms with van der Waals surface area (Å²) in [5.41, 5.74) is 6.46. The van der Waals surface area contributed by atoms with Gasteiger partial charge in [0.1, 0.15) is 0 Å². The van der Waals surface area contributed by atoms with Crippen LogP contribution in [0.3, 0.4) is 0 Å². The molecule has 0 bridgehead atoms. The lowest BCUT2D eigenvalue weighted by Crippen LogP contribution is -2.26. The van der Waals surface area contributed by atoms with Crippen molar-refractivity contribution in [2.75, 3.05) is 0 Å². The summed E-state index contributed by atoms with van der Waals surface area (Å²) in [5.74, 6) is -0.910. The molecule has 0 saturated heterocycles. The third-order valence-corrected chi connectivity index (χ3v) is 2.52. The van der Waals surface area contributed by atoms with Gasteiger partial charge in [0.05, 0.1) is 6.42 Å². The molecule has 0 aliphatic heterocycles. The van der Waals surface area contributed by atoms with Crippen LogP contribution in [0.15, 0.2) is 18.2 Å². The van der Waals surface area contributed by atoms with E-state index in [1.807, 2.05) is 0 Å². The highest BCUT2D eigenvalue weighted by molar-refractivity contribution is 6.35. The lowest BCUT2D eigenvalue weighted by molar-refractivity contribution is -0.137. The average molecular weight is 248 g/mol. The van der Waals surface area contributed by atoms with Gasteiger partial charge in [-0.25, -0.2) is 0 Å². The Bertz CT molecular complexity index is 368. The quantitative estimate of drug-likeness (QED) is 0.859. The second-order valence-electron chi connectivity index (χ2n) is 3.30. The number of aliphatic carboxylic acids is 1. The van der Waals surface area contributed by atoms with Gasteiger partial charge in [-0.1, -0.05) is 29.3 Å². The molecule has 15 heavy (non-hydrogen) atoms. The molecule has 0 amide bonds. The van der Waals surface area contributed by atoms with Crippen LogP contribution in [-0.2, 0) is 11.2 Å². The molecule has 0 spiro atoms. The van der Waals surface area contributed by atoms with Gasteiger partial charge >= 0.3 is 5.97 Å². The van der Waals surface area contributed by atoms with E-state index in [1.54, 1.807) is 18.2 Å². The summed E-state index contributed by atoms with van der Waals surface area (Å²) in [7, 11) is 0. The van der Waals surface area contributed by atoms with Crippen LogP contribution in [0.25, 0.3) is 0 Å². The maximum atomic E-state index is 10.4. The summed E-state index contributed by atoms with van der Waals surface area (Å²) < 4.78 is 0. The number of rotatable bonds is 4. The summed E-state index contributed by atoms with van der Waals surface area (Å²) >= 11 is 11.7. The fourth-order valence-electron chi connectivity index (χ4n) is 1.27. The number of carbonyl (C=O) groups is 1. The molecule has 5 heteroatoms. The van der Waals surface area contributed by atoms with Crippen molar-refractivity contribution < 1.29 is 9.90 Å². The van der Waals surface area contributed by atoms with Crippen molar-refractivity contribution in [3.8, 4) is 0 Å². The van der Waals surface area contributed by atoms with Crippen LogP contribution in [0, 0.1) is 0 Å². The Morgan fingerprint density at radius 1 is 1.47 bits per heavy atom. The first-order valence-electron chi connectivity index (χ1n) is 4.40. The Morgan fingerprint density at radius 3 is 2.67 bits per heavy atom. The molecule has 0 heterocycles. The van der Waals surface area contributed by atoms with Crippen LogP contribution < -0.4 is 5.73 Å². The molecule has 0 saturated carbocycles. The molecule has 0 aliphatic rings. The normalized spacial score (nSPS) is 12.5. The van der Waals surface area contributed by atoms with E-state index in [0.29, 0.717) is 16.5 Å². The molecule has 3 nitrogen and oxygen atoms in total. The fourth-order valence-corrected chi connectivity index (χ4v) is 1.75. The van der Waals surface area contributed by atoms with Gasteiger partial charge < -0.3 is 10.8 Å². The van der Waals surface area contributed by atoms with Gasteiger partial charge in [-0.15, -0.1) is 0 Å². The second-order valence-corrected chi connectivity index (χ2v) is 4.14. The largest absolute Gasteiger partial charge is 0.481 e. The van der Waals surface area contributed by atoms with E-state index in [9.17, 15) is 4.79 Å². The molecule has 1 aromatic carbocycles. The molecule has 1 rings (SSSR count). The zero-order valence-corrected chi connectivity index (χ0v) is 9.42. The molecule has 0 unspecified atom stereocenters. The van der Waals surface area contributed by atoms with Gasteiger partial charge in [-0.2, -0.15) is 0 Å². The van der Waals surface area contributed by atoms with Crippen molar-refractivity contribution >= 4 is 29.2 Å². The first-order valence-corrected chi connectivity index (χ1v) is 5.16. The molecule has 82 valence electrons. The number of hydrogen-bond donors (Lipinski definition) is 2. The number of carboxylic acids is 1. The molecular weight excluding hydrogens is 237 g/mol. The van der Waals surface area contributed by atoms with Crippen LogP contribution in [0.1, 0.15) is 12.0 Å². The topological polar surface area (TPSA) is 63.3 Å². The van der Waals surface area contributed by atoms with Crippen molar-refractivity contribution in [1.82, 2.24) is 0 Å². The fraction of sp³-hybridized carbons (Fsp3) is 0.300. The minimum absolute atomic E-state index is 0.0705. The average Bonchev–Trinajstić information content (AvgIpc) is 2.08. The van der Waals surface area contributed by atoms with Crippen LogP contribution >= 0.6 is 23.2 Å². The highest BCUT2D eigenvalue weighted by Crippen LogP contribution is 2.22. The Morgan fingerprint density at radius 2 is 2.13 bits per heavy atom. The highest BCUT2D eigenvalue weighted by Gasteiger charge is 2.11. The Balaban J connectivity index is 2.68. The van der Waals surface area contributed by atoms with E-state index >= 15 is 0 Å². The Kier molecular flexibility index (Phi) is 4.39. The minimum Gasteiger partial charge on any atom is -0.481 e. The van der Waals surface area contributed by atoms with Gasteiger partial charge in [0.25, 0.3) is 0 Å². The summed E-state index contributed by atoms with van der Waals surface area (Å²) in [6.07, 6.45) is 0.362. The molecule has 0 aliphatic carbocycles. The zero-order chi connectivity index (χ0) is 11.4. The van der Waals surface area contributed by atoms with Gasteiger partial charge in [-0.3, -0.25) is 4.79 Å². The Hall–Kier alpha value is -0.770. The van der Waals surface area contributed by atoms with Crippen LogP contribution in [-0.4, -0.2) is 17.1 Å². The molecule has 3 N–H and O–H groups in total. The third-order valence-electron chi connectivity index (χ3n) is 1.93. The molecule has 0 aromatic heterocycles. The van der Waals surface area contributed by atoms with E-state index < -0.39 is 12.0 Å². The summed E-state index contributed by atoms with van der Waals surface area (Å²) in [4.78, 5) is 10.4. The first-order chi connectivity index (χ1) is 6.99. The molecule has 1 atom stereocenters. The van der Waals surface area contributed by atoms with Crippen molar-refractivity contribution in [3.63, 3.8) is 0 Å². The van der Waals surface area contributed by atoms with E-state index in [1.165, 1.54) is 0 Å². The van der Waals surface area contributed by atoms with E-state index in [-0.39, 0.29) is 6.42 Å². The number of nitrogens with two attached hydrogens (primary N) is 1. The van der Waals surface area contributed by atoms with Gasteiger partial charge in [0, 0.05) is 16.1 Å². The SMILES string of the molecule is N[C@H](CC(=O)O)Cc1ccc(Cl)cc1Cl. The van der Waals surface area contributed by atoms with Gasteiger partial charge in [0.15, 0.2) is 0 Å². The van der Waals surface area contributed by atoms with Crippen LogP contribution in [0.5, 0.6) is 0 Å². The molecule has 1 aromatic rings. The molecule has 0 fully saturated rings. The number of halogens is 2. The maximum Gasteiger partial charge on any atom is 0.304 e. The maximum absolute atomic E-state index is 10.4. The third kappa shape index (κ3) is 4.08. The van der Waals surface area contributed by atoms with E-state index in [4.69, 9.17) is 34.0 Å². The first kappa shape index (κ1) is 12.3. The van der Waals surface area contributed by atoms with E-state index in [0.717, 1.165) is 5.56 Å². The lowest BCUT2D eigenvalue weighted by Gasteiger charge is -2.10. The van der Waals surface area contributed by atoms with Gasteiger partial charge in [0.2, 0.25) is 0 Å². The van der Waals surface area contributed by atoms with Crippen LogP contribution in [0.4, 0.5) is 0 Å². The van der Waals surface area contributed by atoms with Gasteiger partial charge in [-0.05, 0) is 24.1 Å². The lowest BCUT2D eigenvalue weighted by atomic mass is 10.0.